The number of nitrogens with one attached hydrogen (secondary N) is 1. The van der Waals surface area contributed by atoms with Crippen molar-refractivity contribution in [2.45, 2.75) is 26.8 Å². The van der Waals surface area contributed by atoms with Gasteiger partial charge in [0.1, 0.15) is 5.82 Å². The van der Waals surface area contributed by atoms with E-state index in [0.29, 0.717) is 0 Å². The van der Waals surface area contributed by atoms with E-state index < -0.39 is 0 Å². The van der Waals surface area contributed by atoms with E-state index >= 15 is 0 Å². The van der Waals surface area contributed by atoms with Crippen LogP contribution in [0.2, 0.25) is 0 Å². The topological polar surface area (TPSA) is 12.0 Å². The maximum Gasteiger partial charge on any atom is 0.123 e. The van der Waals surface area contributed by atoms with Crippen LogP contribution >= 0.6 is 11.8 Å². The Morgan fingerprint density at radius 1 is 1.31 bits per heavy atom. The lowest BCUT2D eigenvalue weighted by molar-refractivity contribution is 0.587. The Morgan fingerprint density at radius 3 is 2.62 bits per heavy atom. The number of rotatable bonds is 6. The predicted molar refractivity (Wildman–Crippen MR) is 70.6 cm³/mol. The molecule has 0 aliphatic carbocycles. The molecule has 90 valence electrons. The quantitative estimate of drug-likeness (QED) is 0.817. The van der Waals surface area contributed by atoms with Gasteiger partial charge >= 0.3 is 0 Å². The molecular formula is C13H20FNS. The van der Waals surface area contributed by atoms with E-state index in [-0.39, 0.29) is 11.9 Å². The average Bonchev–Trinajstić information content (AvgIpc) is 2.22. The van der Waals surface area contributed by atoms with Crippen molar-refractivity contribution >= 4 is 11.8 Å². The van der Waals surface area contributed by atoms with Crippen molar-refractivity contribution in [2.75, 3.05) is 18.1 Å². The van der Waals surface area contributed by atoms with Gasteiger partial charge in [-0.1, -0.05) is 19.9 Å². The zero-order chi connectivity index (χ0) is 12.0. The molecule has 0 saturated heterocycles. The SMILES string of the molecule is CCNC(CSCC)c1cc(C)cc(F)c1. The van der Waals surface area contributed by atoms with Crippen LogP contribution in [0.5, 0.6) is 0 Å². The average molecular weight is 241 g/mol. The standard InChI is InChI=1S/C13H20FNS/c1-4-15-13(9-16-5-2)11-6-10(3)7-12(14)8-11/h6-8,13,15H,4-5,9H2,1-3H3. The highest BCUT2D eigenvalue weighted by Gasteiger charge is 2.11. The smallest absolute Gasteiger partial charge is 0.123 e. The zero-order valence-electron chi connectivity index (χ0n) is 10.2. The van der Waals surface area contributed by atoms with E-state index in [9.17, 15) is 4.39 Å². The molecule has 0 aromatic heterocycles. The van der Waals surface area contributed by atoms with Crippen LogP contribution in [0.1, 0.15) is 31.0 Å². The van der Waals surface area contributed by atoms with E-state index in [0.717, 1.165) is 29.2 Å². The second-order valence-electron chi connectivity index (χ2n) is 3.83. The second kappa shape index (κ2) is 6.92. The molecule has 1 atom stereocenters. The van der Waals surface area contributed by atoms with Crippen LogP contribution in [0, 0.1) is 12.7 Å². The highest BCUT2D eigenvalue weighted by atomic mass is 32.2. The van der Waals surface area contributed by atoms with Gasteiger partial charge in [-0.15, -0.1) is 0 Å². The van der Waals surface area contributed by atoms with Crippen LogP contribution in [-0.2, 0) is 0 Å². The van der Waals surface area contributed by atoms with Gasteiger partial charge in [-0.3, -0.25) is 0 Å². The summed E-state index contributed by atoms with van der Waals surface area (Å²) >= 11 is 1.88. The largest absolute Gasteiger partial charge is 0.310 e. The Kier molecular flexibility index (Phi) is 5.85. The number of thioether (sulfide) groups is 1. The summed E-state index contributed by atoms with van der Waals surface area (Å²) in [5.74, 6) is 1.95. The van der Waals surface area contributed by atoms with Crippen molar-refractivity contribution in [2.24, 2.45) is 0 Å². The molecular weight excluding hydrogens is 221 g/mol. The lowest BCUT2D eigenvalue weighted by Gasteiger charge is -2.18. The van der Waals surface area contributed by atoms with E-state index in [1.165, 1.54) is 0 Å². The van der Waals surface area contributed by atoms with Crippen molar-refractivity contribution in [1.82, 2.24) is 5.32 Å². The molecule has 0 radical (unpaired) electrons. The van der Waals surface area contributed by atoms with Gasteiger partial charge in [0.2, 0.25) is 0 Å². The zero-order valence-corrected chi connectivity index (χ0v) is 11.0. The van der Waals surface area contributed by atoms with Crippen LogP contribution in [0.25, 0.3) is 0 Å². The third-order valence-electron chi connectivity index (χ3n) is 2.41. The molecule has 0 fully saturated rings. The summed E-state index contributed by atoms with van der Waals surface area (Å²) < 4.78 is 13.3. The Labute approximate surface area is 102 Å². The first-order valence-electron chi connectivity index (χ1n) is 5.75. The molecule has 0 heterocycles. The van der Waals surface area contributed by atoms with Crippen LogP contribution in [0.15, 0.2) is 18.2 Å². The molecule has 0 bridgehead atoms. The van der Waals surface area contributed by atoms with Crippen molar-refractivity contribution in [3.05, 3.63) is 35.1 Å². The number of hydrogen-bond donors (Lipinski definition) is 1. The highest BCUT2D eigenvalue weighted by Crippen LogP contribution is 2.20. The van der Waals surface area contributed by atoms with Gasteiger partial charge in [-0.25, -0.2) is 4.39 Å². The fourth-order valence-electron chi connectivity index (χ4n) is 1.72. The maximum absolute atomic E-state index is 13.3. The van der Waals surface area contributed by atoms with Gasteiger partial charge in [0.15, 0.2) is 0 Å². The van der Waals surface area contributed by atoms with Crippen molar-refractivity contribution in [3.63, 3.8) is 0 Å². The molecule has 0 saturated carbocycles. The molecule has 1 nitrogen and oxygen atoms in total. The normalized spacial score (nSPS) is 12.8. The molecule has 1 aromatic carbocycles. The Bertz CT molecular complexity index is 307. The summed E-state index contributed by atoms with van der Waals surface area (Å²) in [6, 6.07) is 5.52. The van der Waals surface area contributed by atoms with Crippen molar-refractivity contribution in [3.8, 4) is 0 Å². The Balaban J connectivity index is 2.82. The van der Waals surface area contributed by atoms with Crippen molar-refractivity contribution in [1.29, 1.82) is 0 Å². The summed E-state index contributed by atoms with van der Waals surface area (Å²) in [6.07, 6.45) is 0. The molecule has 1 aromatic rings. The van der Waals surface area contributed by atoms with E-state index in [1.54, 1.807) is 12.1 Å². The summed E-state index contributed by atoms with van der Waals surface area (Å²) in [5.41, 5.74) is 2.04. The van der Waals surface area contributed by atoms with Gasteiger partial charge in [0, 0.05) is 11.8 Å². The van der Waals surface area contributed by atoms with Gasteiger partial charge in [-0.2, -0.15) is 11.8 Å². The molecule has 3 heteroatoms. The lowest BCUT2D eigenvalue weighted by atomic mass is 10.1. The fraction of sp³-hybridized carbons (Fsp3) is 0.538. The molecule has 0 aliphatic rings. The number of hydrogen-bond acceptors (Lipinski definition) is 2. The van der Waals surface area contributed by atoms with E-state index in [4.69, 9.17) is 0 Å². The second-order valence-corrected chi connectivity index (χ2v) is 5.15. The van der Waals surface area contributed by atoms with E-state index in [2.05, 4.69) is 25.2 Å². The molecule has 1 N–H and O–H groups in total. The van der Waals surface area contributed by atoms with Crippen LogP contribution in [0.3, 0.4) is 0 Å². The molecule has 16 heavy (non-hydrogen) atoms. The predicted octanol–water partition coefficient (Wildman–Crippen LogP) is 3.54. The monoisotopic (exact) mass is 241 g/mol. The van der Waals surface area contributed by atoms with Gasteiger partial charge in [0.05, 0.1) is 0 Å². The number of halogens is 1. The number of aryl methyl sites for hydroxylation is 1. The number of benzene rings is 1. The summed E-state index contributed by atoms with van der Waals surface area (Å²) in [4.78, 5) is 0. The summed E-state index contributed by atoms with van der Waals surface area (Å²) in [6.45, 7) is 7.06. The molecule has 1 rings (SSSR count). The highest BCUT2D eigenvalue weighted by molar-refractivity contribution is 7.99. The maximum atomic E-state index is 13.3. The lowest BCUT2D eigenvalue weighted by Crippen LogP contribution is -2.23. The third kappa shape index (κ3) is 4.14. The Morgan fingerprint density at radius 2 is 2.06 bits per heavy atom. The molecule has 0 aliphatic heterocycles. The fourth-order valence-corrected chi connectivity index (χ4v) is 2.50. The third-order valence-corrected chi connectivity index (χ3v) is 3.38. The first kappa shape index (κ1) is 13.5. The Hall–Kier alpha value is -0.540. The minimum atomic E-state index is -0.139. The van der Waals surface area contributed by atoms with Gasteiger partial charge in [0.25, 0.3) is 0 Å². The summed E-state index contributed by atoms with van der Waals surface area (Å²) in [7, 11) is 0. The van der Waals surface area contributed by atoms with Crippen LogP contribution < -0.4 is 5.32 Å². The molecule has 1 unspecified atom stereocenters. The minimum absolute atomic E-state index is 0.139. The van der Waals surface area contributed by atoms with Gasteiger partial charge < -0.3 is 5.32 Å². The minimum Gasteiger partial charge on any atom is -0.310 e. The van der Waals surface area contributed by atoms with Crippen LogP contribution in [-0.4, -0.2) is 18.1 Å². The first-order chi connectivity index (χ1) is 7.67. The van der Waals surface area contributed by atoms with E-state index in [1.807, 2.05) is 18.7 Å². The van der Waals surface area contributed by atoms with Crippen LogP contribution in [0.4, 0.5) is 4.39 Å². The summed E-state index contributed by atoms with van der Waals surface area (Å²) in [5, 5.41) is 3.40. The molecule has 0 spiro atoms. The first-order valence-corrected chi connectivity index (χ1v) is 6.91. The molecule has 0 amide bonds. The van der Waals surface area contributed by atoms with Gasteiger partial charge in [-0.05, 0) is 42.5 Å². The van der Waals surface area contributed by atoms with Crippen molar-refractivity contribution < 1.29 is 4.39 Å².